The number of nitrogens with two attached hydrogens (primary N) is 1. The van der Waals surface area contributed by atoms with E-state index in [9.17, 15) is 9.59 Å². The van der Waals surface area contributed by atoms with E-state index in [2.05, 4.69) is 10.2 Å². The molecule has 2 rings (SSSR count). The van der Waals surface area contributed by atoms with Crippen LogP contribution in [0.3, 0.4) is 0 Å². The van der Waals surface area contributed by atoms with E-state index in [1.807, 2.05) is 44.2 Å². The Hall–Kier alpha value is -2.50. The largest absolute Gasteiger partial charge is 0.414 e. The van der Waals surface area contributed by atoms with Crippen LogP contribution in [0.2, 0.25) is 0 Å². The van der Waals surface area contributed by atoms with Crippen LogP contribution in [0, 0.1) is 11.8 Å². The Kier molecular flexibility index (Phi) is 5.04. The van der Waals surface area contributed by atoms with Crippen molar-refractivity contribution in [2.24, 2.45) is 17.6 Å². The smallest absolute Gasteiger partial charge is 0.284 e. The van der Waals surface area contributed by atoms with Crippen LogP contribution < -0.4 is 5.73 Å². The second-order valence-electron chi connectivity index (χ2n) is 5.07. The Bertz CT molecular complexity index is 652. The van der Waals surface area contributed by atoms with Crippen molar-refractivity contribution < 1.29 is 14.0 Å². The predicted molar refractivity (Wildman–Crippen MR) is 80.8 cm³/mol. The number of carbonyl (C=O) groups excluding carboxylic acids is 2. The summed E-state index contributed by atoms with van der Waals surface area (Å²) in [7, 11) is 0. The van der Waals surface area contributed by atoms with Gasteiger partial charge in [-0.1, -0.05) is 32.0 Å². The van der Waals surface area contributed by atoms with Gasteiger partial charge in [-0.05, 0) is 25.0 Å². The number of amides is 1. The number of aromatic nitrogens is 2. The molecule has 22 heavy (non-hydrogen) atoms. The fourth-order valence-electron chi connectivity index (χ4n) is 2.52. The quantitative estimate of drug-likeness (QED) is 0.792. The molecule has 0 aliphatic carbocycles. The van der Waals surface area contributed by atoms with Crippen molar-refractivity contribution in [1.82, 2.24) is 10.2 Å². The van der Waals surface area contributed by atoms with Gasteiger partial charge < -0.3 is 10.2 Å². The van der Waals surface area contributed by atoms with Crippen LogP contribution in [0.15, 0.2) is 34.7 Å². The lowest BCUT2D eigenvalue weighted by atomic mass is 9.84. The van der Waals surface area contributed by atoms with Crippen LogP contribution >= 0.6 is 0 Å². The summed E-state index contributed by atoms with van der Waals surface area (Å²) in [6, 6.07) is 9.19. The third-order valence-corrected chi connectivity index (χ3v) is 3.72. The van der Waals surface area contributed by atoms with Crippen molar-refractivity contribution in [1.29, 1.82) is 0 Å². The molecule has 116 valence electrons. The van der Waals surface area contributed by atoms with Gasteiger partial charge in [0, 0.05) is 17.4 Å². The van der Waals surface area contributed by atoms with Crippen LogP contribution in [-0.4, -0.2) is 21.9 Å². The maximum Gasteiger partial charge on any atom is 0.284 e. The van der Waals surface area contributed by atoms with Crippen LogP contribution in [0.5, 0.6) is 0 Å². The molecule has 1 aromatic heterocycles. The SMILES string of the molecule is CCC(C(N)=O)C(CC)C(=O)c1nnc(-c2ccccc2)o1. The molecule has 2 atom stereocenters. The second kappa shape index (κ2) is 6.98. The Morgan fingerprint density at radius 2 is 1.73 bits per heavy atom. The van der Waals surface area contributed by atoms with Gasteiger partial charge in [-0.15, -0.1) is 10.2 Å². The molecule has 0 saturated carbocycles. The molecule has 0 bridgehead atoms. The van der Waals surface area contributed by atoms with Crippen molar-refractivity contribution in [2.45, 2.75) is 26.7 Å². The normalized spacial score (nSPS) is 13.5. The summed E-state index contributed by atoms with van der Waals surface area (Å²) >= 11 is 0. The molecule has 0 fully saturated rings. The maximum atomic E-state index is 12.5. The zero-order chi connectivity index (χ0) is 16.1. The van der Waals surface area contributed by atoms with Crippen molar-refractivity contribution in [2.75, 3.05) is 0 Å². The minimum absolute atomic E-state index is 0.0783. The molecule has 0 spiro atoms. The van der Waals surface area contributed by atoms with Gasteiger partial charge in [0.1, 0.15) is 0 Å². The fraction of sp³-hybridized carbons (Fsp3) is 0.375. The third-order valence-electron chi connectivity index (χ3n) is 3.72. The van der Waals surface area contributed by atoms with Crippen LogP contribution in [0.25, 0.3) is 11.5 Å². The molecule has 2 unspecified atom stereocenters. The Morgan fingerprint density at radius 1 is 1.09 bits per heavy atom. The first kappa shape index (κ1) is 15.9. The first-order valence-corrected chi connectivity index (χ1v) is 7.30. The molecule has 1 aromatic carbocycles. The first-order valence-electron chi connectivity index (χ1n) is 7.30. The van der Waals surface area contributed by atoms with Gasteiger partial charge >= 0.3 is 0 Å². The van der Waals surface area contributed by atoms with Crippen LogP contribution in [0.1, 0.15) is 37.4 Å². The second-order valence-corrected chi connectivity index (χ2v) is 5.07. The minimum Gasteiger partial charge on any atom is -0.414 e. The molecule has 0 aliphatic rings. The minimum atomic E-state index is -0.536. The molecule has 2 aromatic rings. The molecule has 1 heterocycles. The van der Waals surface area contributed by atoms with Gasteiger partial charge in [0.25, 0.3) is 5.89 Å². The fourth-order valence-corrected chi connectivity index (χ4v) is 2.52. The molecule has 0 radical (unpaired) electrons. The highest BCUT2D eigenvalue weighted by atomic mass is 16.4. The summed E-state index contributed by atoms with van der Waals surface area (Å²) < 4.78 is 5.46. The molecule has 6 nitrogen and oxygen atoms in total. The number of rotatable bonds is 7. The molecule has 1 amide bonds. The average molecular weight is 301 g/mol. The summed E-state index contributed by atoms with van der Waals surface area (Å²) in [6.07, 6.45) is 0.989. The summed E-state index contributed by atoms with van der Waals surface area (Å²) in [5, 5.41) is 7.72. The lowest BCUT2D eigenvalue weighted by molar-refractivity contribution is -0.123. The molecule has 2 N–H and O–H groups in total. The number of hydrogen-bond acceptors (Lipinski definition) is 5. The Morgan fingerprint density at radius 3 is 2.27 bits per heavy atom. The molecule has 6 heteroatoms. The number of hydrogen-bond donors (Lipinski definition) is 1. The van der Waals surface area contributed by atoms with Gasteiger partial charge in [0.2, 0.25) is 17.6 Å². The highest BCUT2D eigenvalue weighted by Crippen LogP contribution is 2.25. The van der Waals surface area contributed by atoms with E-state index in [1.165, 1.54) is 0 Å². The zero-order valence-electron chi connectivity index (χ0n) is 12.7. The van der Waals surface area contributed by atoms with Crippen molar-refractivity contribution in [3.05, 3.63) is 36.2 Å². The van der Waals surface area contributed by atoms with Crippen molar-refractivity contribution in [3.63, 3.8) is 0 Å². The van der Waals surface area contributed by atoms with Gasteiger partial charge in [0.05, 0.1) is 0 Å². The van der Waals surface area contributed by atoms with E-state index in [-0.39, 0.29) is 17.6 Å². The highest BCUT2D eigenvalue weighted by Gasteiger charge is 2.33. The van der Waals surface area contributed by atoms with Crippen LogP contribution in [0.4, 0.5) is 0 Å². The van der Waals surface area contributed by atoms with E-state index in [0.29, 0.717) is 12.8 Å². The number of benzene rings is 1. The monoisotopic (exact) mass is 301 g/mol. The number of carbonyl (C=O) groups is 2. The summed E-state index contributed by atoms with van der Waals surface area (Å²) in [6.45, 7) is 3.66. The van der Waals surface area contributed by atoms with Gasteiger partial charge in [-0.25, -0.2) is 0 Å². The van der Waals surface area contributed by atoms with Gasteiger partial charge in [-0.2, -0.15) is 0 Å². The third kappa shape index (κ3) is 3.21. The number of Topliss-reactive ketones (excluding diaryl/α,β-unsaturated/α-hetero) is 1. The summed E-state index contributed by atoms with van der Waals surface area (Å²) in [4.78, 5) is 24.0. The number of primary amides is 1. The Balaban J connectivity index is 2.26. The molecule has 0 saturated heterocycles. The highest BCUT2D eigenvalue weighted by molar-refractivity contribution is 5.97. The lowest BCUT2D eigenvalue weighted by Crippen LogP contribution is -2.34. The summed E-state index contributed by atoms with van der Waals surface area (Å²) in [5.41, 5.74) is 6.12. The van der Waals surface area contributed by atoms with E-state index in [4.69, 9.17) is 10.2 Å². The predicted octanol–water partition coefficient (Wildman–Crippen LogP) is 2.46. The molecular formula is C16H19N3O3. The van der Waals surface area contributed by atoms with E-state index in [0.717, 1.165) is 5.56 Å². The number of ketones is 1. The van der Waals surface area contributed by atoms with Crippen molar-refractivity contribution in [3.8, 4) is 11.5 Å². The van der Waals surface area contributed by atoms with Crippen LogP contribution in [-0.2, 0) is 4.79 Å². The standard InChI is InChI=1S/C16H19N3O3/c1-3-11(12(4-2)14(17)21)13(20)16-19-18-15(22-16)10-8-6-5-7-9-10/h5-9,11-12H,3-4H2,1-2H3,(H2,17,21). The Labute approximate surface area is 128 Å². The van der Waals surface area contributed by atoms with E-state index < -0.39 is 17.7 Å². The zero-order valence-corrected chi connectivity index (χ0v) is 12.7. The van der Waals surface area contributed by atoms with Crippen molar-refractivity contribution >= 4 is 11.7 Å². The maximum absolute atomic E-state index is 12.5. The summed E-state index contributed by atoms with van der Waals surface area (Å²) in [5.74, 6) is -1.67. The lowest BCUT2D eigenvalue weighted by Gasteiger charge is -2.19. The van der Waals surface area contributed by atoms with Gasteiger partial charge in [0.15, 0.2) is 0 Å². The van der Waals surface area contributed by atoms with E-state index in [1.54, 1.807) is 0 Å². The van der Waals surface area contributed by atoms with E-state index >= 15 is 0 Å². The molecule has 0 aliphatic heterocycles. The number of nitrogens with zero attached hydrogens (tertiary/aromatic N) is 2. The average Bonchev–Trinajstić information content (AvgIpc) is 3.02. The molecular weight excluding hydrogens is 282 g/mol. The topological polar surface area (TPSA) is 99.1 Å². The van der Waals surface area contributed by atoms with Gasteiger partial charge in [-0.3, -0.25) is 9.59 Å². The first-order chi connectivity index (χ1) is 10.6.